The number of amides is 1. The average Bonchev–Trinajstić information content (AvgIpc) is 2.36. The van der Waals surface area contributed by atoms with E-state index in [2.05, 4.69) is 5.32 Å². The van der Waals surface area contributed by atoms with Gasteiger partial charge in [0.15, 0.2) is 0 Å². The Kier molecular flexibility index (Phi) is 5.83. The third kappa shape index (κ3) is 4.56. The maximum atomic E-state index is 11.4. The molecule has 0 heterocycles. The molecule has 0 aromatic heterocycles. The first-order chi connectivity index (χ1) is 8.95. The van der Waals surface area contributed by atoms with Gasteiger partial charge in [0, 0.05) is 6.04 Å². The molecule has 2 atom stereocenters. The van der Waals surface area contributed by atoms with Crippen LogP contribution in [0.4, 0.5) is 0 Å². The average molecular weight is 264 g/mol. The molecule has 0 aliphatic carbocycles. The lowest BCUT2D eigenvalue weighted by Gasteiger charge is -2.24. The zero-order valence-corrected chi connectivity index (χ0v) is 12.1. The Morgan fingerprint density at radius 1 is 1.26 bits per heavy atom. The molecule has 1 amide bonds. The highest BCUT2D eigenvalue weighted by molar-refractivity contribution is 5.80. The number of ether oxygens (including phenoxy) is 1. The van der Waals surface area contributed by atoms with Crippen LogP contribution in [0.3, 0.4) is 0 Å². The van der Waals surface area contributed by atoms with Gasteiger partial charge in [-0.2, -0.15) is 0 Å². The molecule has 2 unspecified atom stereocenters. The quantitative estimate of drug-likeness (QED) is 0.794. The molecule has 3 N–H and O–H groups in total. The summed E-state index contributed by atoms with van der Waals surface area (Å²) in [5, 5.41) is 3.27. The summed E-state index contributed by atoms with van der Waals surface area (Å²) in [4.78, 5) is 11.4. The Bertz CT molecular complexity index is 401. The van der Waals surface area contributed by atoms with Crippen LogP contribution in [-0.4, -0.2) is 18.6 Å². The smallest absolute Gasteiger partial charge is 0.234 e. The van der Waals surface area contributed by atoms with Crippen molar-refractivity contribution in [3.8, 4) is 5.75 Å². The zero-order chi connectivity index (χ0) is 14.4. The van der Waals surface area contributed by atoms with E-state index in [-0.39, 0.29) is 23.9 Å². The maximum absolute atomic E-state index is 11.4. The largest absolute Gasteiger partial charge is 0.494 e. The van der Waals surface area contributed by atoms with E-state index in [0.29, 0.717) is 6.61 Å². The monoisotopic (exact) mass is 264 g/mol. The lowest BCUT2D eigenvalue weighted by atomic mass is 10.0. The molecular weight excluding hydrogens is 240 g/mol. The molecule has 1 rings (SSSR count). The van der Waals surface area contributed by atoms with Gasteiger partial charge in [-0.05, 0) is 37.5 Å². The molecule has 1 aromatic carbocycles. The highest BCUT2D eigenvalue weighted by Crippen LogP contribution is 2.19. The number of benzene rings is 1. The van der Waals surface area contributed by atoms with Gasteiger partial charge in [-0.1, -0.05) is 26.0 Å². The van der Waals surface area contributed by atoms with Crippen LogP contribution in [0.5, 0.6) is 5.75 Å². The lowest BCUT2D eigenvalue weighted by molar-refractivity contribution is -0.121. The molecule has 0 fully saturated rings. The summed E-state index contributed by atoms with van der Waals surface area (Å²) in [6.45, 7) is 8.59. The number of primary amides is 1. The van der Waals surface area contributed by atoms with E-state index in [9.17, 15) is 4.79 Å². The van der Waals surface area contributed by atoms with Gasteiger partial charge in [0.1, 0.15) is 5.75 Å². The minimum Gasteiger partial charge on any atom is -0.494 e. The fourth-order valence-electron chi connectivity index (χ4n) is 1.99. The first kappa shape index (κ1) is 15.5. The van der Waals surface area contributed by atoms with Gasteiger partial charge in [-0.3, -0.25) is 10.1 Å². The van der Waals surface area contributed by atoms with Crippen molar-refractivity contribution < 1.29 is 9.53 Å². The van der Waals surface area contributed by atoms with Gasteiger partial charge in [0.25, 0.3) is 0 Å². The lowest BCUT2D eigenvalue weighted by Crippen LogP contribution is -2.45. The van der Waals surface area contributed by atoms with Gasteiger partial charge >= 0.3 is 0 Å². The Morgan fingerprint density at radius 3 is 2.26 bits per heavy atom. The molecule has 0 saturated heterocycles. The molecule has 0 aliphatic rings. The molecule has 1 aromatic rings. The van der Waals surface area contributed by atoms with E-state index in [4.69, 9.17) is 10.5 Å². The molecule has 0 aliphatic heterocycles. The minimum absolute atomic E-state index is 0.0653. The fraction of sp³-hybridized carbons (Fsp3) is 0.533. The van der Waals surface area contributed by atoms with Crippen molar-refractivity contribution in [2.24, 2.45) is 11.7 Å². The van der Waals surface area contributed by atoms with E-state index in [1.54, 1.807) is 0 Å². The highest BCUT2D eigenvalue weighted by atomic mass is 16.5. The molecule has 0 saturated carbocycles. The Balaban J connectivity index is 2.71. The van der Waals surface area contributed by atoms with Crippen molar-refractivity contribution in [1.29, 1.82) is 0 Å². The van der Waals surface area contributed by atoms with Gasteiger partial charge in [-0.15, -0.1) is 0 Å². The third-order valence-corrected chi connectivity index (χ3v) is 3.09. The predicted molar refractivity (Wildman–Crippen MR) is 77.0 cm³/mol. The Hall–Kier alpha value is -1.55. The van der Waals surface area contributed by atoms with Gasteiger partial charge in [0.05, 0.1) is 12.6 Å². The first-order valence-corrected chi connectivity index (χ1v) is 6.73. The van der Waals surface area contributed by atoms with E-state index in [1.807, 2.05) is 52.0 Å². The number of carbonyl (C=O) groups excluding carboxylic acids is 1. The van der Waals surface area contributed by atoms with Crippen molar-refractivity contribution >= 4 is 5.91 Å². The SMILES string of the molecule is CCOc1ccc(C(C)NC(C(N)=O)C(C)C)cc1. The van der Waals surface area contributed by atoms with E-state index >= 15 is 0 Å². The second-order valence-electron chi connectivity index (χ2n) is 5.01. The summed E-state index contributed by atoms with van der Waals surface area (Å²) in [7, 11) is 0. The number of hydrogen-bond donors (Lipinski definition) is 2. The molecular formula is C15H24N2O2. The normalized spacial score (nSPS) is 14.2. The number of nitrogens with one attached hydrogen (secondary N) is 1. The number of carbonyl (C=O) groups is 1. The molecule has 0 radical (unpaired) electrons. The van der Waals surface area contributed by atoms with Gasteiger partial charge in [0.2, 0.25) is 5.91 Å². The van der Waals surface area contributed by atoms with Crippen LogP contribution in [0.15, 0.2) is 24.3 Å². The molecule has 4 nitrogen and oxygen atoms in total. The standard InChI is InChI=1S/C15H24N2O2/c1-5-19-13-8-6-12(7-9-13)11(4)17-14(10(2)3)15(16)18/h6-11,14,17H,5H2,1-4H3,(H2,16,18). The van der Waals surface area contributed by atoms with Crippen LogP contribution >= 0.6 is 0 Å². The summed E-state index contributed by atoms with van der Waals surface area (Å²) in [5.41, 5.74) is 6.51. The van der Waals surface area contributed by atoms with E-state index in [1.165, 1.54) is 0 Å². The van der Waals surface area contributed by atoms with Crippen LogP contribution in [0, 0.1) is 5.92 Å². The topological polar surface area (TPSA) is 64.3 Å². The molecule has 4 heteroatoms. The van der Waals surface area contributed by atoms with E-state index < -0.39 is 0 Å². The first-order valence-electron chi connectivity index (χ1n) is 6.73. The van der Waals surface area contributed by atoms with Crippen LogP contribution in [0.1, 0.15) is 39.3 Å². The molecule has 19 heavy (non-hydrogen) atoms. The predicted octanol–water partition coefficient (Wildman–Crippen LogP) is 2.25. The second-order valence-corrected chi connectivity index (χ2v) is 5.01. The molecule has 0 spiro atoms. The third-order valence-electron chi connectivity index (χ3n) is 3.09. The maximum Gasteiger partial charge on any atom is 0.234 e. The fourth-order valence-corrected chi connectivity index (χ4v) is 1.99. The van der Waals surface area contributed by atoms with Crippen molar-refractivity contribution in [2.45, 2.75) is 39.8 Å². The van der Waals surface area contributed by atoms with Crippen LogP contribution in [-0.2, 0) is 4.79 Å². The molecule has 0 bridgehead atoms. The number of nitrogens with two attached hydrogens (primary N) is 1. The highest BCUT2D eigenvalue weighted by Gasteiger charge is 2.21. The van der Waals surface area contributed by atoms with Crippen molar-refractivity contribution in [3.05, 3.63) is 29.8 Å². The zero-order valence-electron chi connectivity index (χ0n) is 12.1. The minimum atomic E-state index is -0.318. The summed E-state index contributed by atoms with van der Waals surface area (Å²) < 4.78 is 5.40. The van der Waals surface area contributed by atoms with E-state index in [0.717, 1.165) is 11.3 Å². The second kappa shape index (κ2) is 7.14. The van der Waals surface area contributed by atoms with Crippen molar-refractivity contribution in [3.63, 3.8) is 0 Å². The molecule has 106 valence electrons. The Labute approximate surface area is 115 Å². The van der Waals surface area contributed by atoms with Crippen molar-refractivity contribution in [1.82, 2.24) is 5.32 Å². The number of hydrogen-bond acceptors (Lipinski definition) is 3. The Morgan fingerprint density at radius 2 is 1.84 bits per heavy atom. The van der Waals surface area contributed by atoms with Gasteiger partial charge < -0.3 is 10.5 Å². The number of rotatable bonds is 7. The summed E-state index contributed by atoms with van der Waals surface area (Å²) in [6.07, 6.45) is 0. The summed E-state index contributed by atoms with van der Waals surface area (Å²) in [6, 6.07) is 7.62. The van der Waals surface area contributed by atoms with Crippen molar-refractivity contribution in [2.75, 3.05) is 6.61 Å². The summed E-state index contributed by atoms with van der Waals surface area (Å²) in [5.74, 6) is 0.712. The van der Waals surface area contributed by atoms with Crippen LogP contribution < -0.4 is 15.8 Å². The van der Waals surface area contributed by atoms with Crippen LogP contribution in [0.2, 0.25) is 0 Å². The van der Waals surface area contributed by atoms with Gasteiger partial charge in [-0.25, -0.2) is 0 Å². The van der Waals surface area contributed by atoms with Crippen LogP contribution in [0.25, 0.3) is 0 Å². The summed E-state index contributed by atoms with van der Waals surface area (Å²) >= 11 is 0.